The third-order valence-electron chi connectivity index (χ3n) is 10.3. The number of carbonyl (C=O) groups is 2. The van der Waals surface area contributed by atoms with Gasteiger partial charge in [-0.2, -0.15) is 0 Å². The van der Waals surface area contributed by atoms with Crippen molar-refractivity contribution in [2.24, 2.45) is 11.8 Å². The SMILES string of the molecule is C=C(C)[C@H]1CCC(C)=C[C@@H]1c1c(O)cc(CCCCC)cc1OC(=O)O.C=C(C)[C@H]1CCC(C)=C[C@@H]1c1c(O)cc(CCCCC)cc1OC(=O)O.CC(C)[NH-].CC(C)[NH-].[Cl][Pt+2][Cl]. The molecule has 0 bridgehead atoms. The first kappa shape index (κ1) is 59.7. The van der Waals surface area contributed by atoms with E-state index in [4.69, 9.17) is 39.8 Å². The number of rotatable bonds is 14. The fourth-order valence-electron chi connectivity index (χ4n) is 7.62. The second-order valence-electron chi connectivity index (χ2n) is 17.1. The topological polar surface area (TPSA) is 181 Å². The standard InChI is InChI=1S/2C22H30O4.2C3H8N.2ClH.Pt/c2*1-5-6-7-8-16-12-19(23)21(20(13-16)26-22(24)25)18-11-15(4)9-10-17(18)14(2)3;2*1-3(2)4;;;/h2*11-13,17-18,23H,2,5-10H2,1,3-4H3,(H,24,25);2*3-4H,1-2H3;2*1H;/q;;2*-1;;;+4/p-2/t2*17-,18+;;;;;/m11...../s1. The summed E-state index contributed by atoms with van der Waals surface area (Å²) in [5.41, 5.74) is 20.6. The van der Waals surface area contributed by atoms with Crippen molar-refractivity contribution in [3.05, 3.63) is 106 Å². The summed E-state index contributed by atoms with van der Waals surface area (Å²) in [7, 11) is 9.75. The Morgan fingerprint density at radius 2 is 1.00 bits per heavy atom. The van der Waals surface area contributed by atoms with Gasteiger partial charge in [0.05, 0.1) is 0 Å². The Hall–Kier alpha value is -3.27. The van der Waals surface area contributed by atoms with E-state index in [-0.39, 0.29) is 58.8 Å². The molecule has 2 aliphatic carbocycles. The number of ether oxygens (including phenoxy) is 2. The number of benzene rings is 2. The van der Waals surface area contributed by atoms with Crippen molar-refractivity contribution in [3.63, 3.8) is 0 Å². The summed E-state index contributed by atoms with van der Waals surface area (Å²) in [6.07, 6.45) is 13.3. The molecule has 10 nitrogen and oxygen atoms in total. The number of aromatic hydroxyl groups is 2. The first-order valence-corrected chi connectivity index (χ1v) is 27.6. The van der Waals surface area contributed by atoms with Crippen LogP contribution in [0.2, 0.25) is 0 Å². The number of halogens is 2. The van der Waals surface area contributed by atoms with Gasteiger partial charge in [0.15, 0.2) is 0 Å². The fourth-order valence-corrected chi connectivity index (χ4v) is 7.62. The van der Waals surface area contributed by atoms with E-state index >= 15 is 0 Å². The van der Waals surface area contributed by atoms with Crippen LogP contribution in [-0.4, -0.2) is 44.8 Å². The molecule has 0 amide bonds. The van der Waals surface area contributed by atoms with Crippen LogP contribution in [0.25, 0.3) is 11.5 Å². The van der Waals surface area contributed by atoms with Crippen LogP contribution < -0.4 is 9.47 Å². The summed E-state index contributed by atoms with van der Waals surface area (Å²) >= 11 is -0.472. The van der Waals surface area contributed by atoms with Crippen LogP contribution >= 0.6 is 18.8 Å². The van der Waals surface area contributed by atoms with Crippen LogP contribution in [0.1, 0.15) is 168 Å². The number of phenols is 2. The Bertz CT molecular complexity index is 1660. The molecule has 0 radical (unpaired) electrons. The molecule has 2 aromatic carbocycles. The third-order valence-corrected chi connectivity index (χ3v) is 10.3. The number of aryl methyl sites for hydroxylation is 2. The van der Waals surface area contributed by atoms with Crippen LogP contribution in [0.5, 0.6) is 23.0 Å². The summed E-state index contributed by atoms with van der Waals surface area (Å²) in [6, 6.07) is 7.22. The molecule has 0 saturated carbocycles. The van der Waals surface area contributed by atoms with Crippen LogP contribution in [0.15, 0.2) is 71.9 Å². The van der Waals surface area contributed by atoms with Gasteiger partial charge >= 0.3 is 47.6 Å². The Labute approximate surface area is 395 Å². The minimum absolute atomic E-state index is 0.0833. The molecule has 63 heavy (non-hydrogen) atoms. The number of nitrogens with one attached hydrogen (secondary N) is 2. The number of hydrogen-bond donors (Lipinski definition) is 4. The van der Waals surface area contributed by atoms with Gasteiger partial charge in [0, 0.05) is 23.0 Å². The third kappa shape index (κ3) is 24.0. The molecule has 0 saturated heterocycles. The summed E-state index contributed by atoms with van der Waals surface area (Å²) in [5, 5.41) is 39.8. The van der Waals surface area contributed by atoms with Gasteiger partial charge in [-0.25, -0.2) is 9.59 Å². The Kier molecular flexibility index (Phi) is 30.7. The Balaban J connectivity index is 0.000000989. The van der Waals surface area contributed by atoms with Crippen molar-refractivity contribution in [2.75, 3.05) is 0 Å². The molecule has 0 spiro atoms. The van der Waals surface area contributed by atoms with Gasteiger partial charge in [0.2, 0.25) is 0 Å². The molecule has 4 rings (SSSR count). The van der Waals surface area contributed by atoms with Gasteiger partial charge in [-0.15, -0.1) is 12.1 Å². The first-order valence-electron chi connectivity index (χ1n) is 22.0. The molecule has 0 aliphatic heterocycles. The van der Waals surface area contributed by atoms with E-state index in [2.05, 4.69) is 53.0 Å². The first-order chi connectivity index (χ1) is 29.5. The summed E-state index contributed by atoms with van der Waals surface area (Å²) < 4.78 is 10.2. The van der Waals surface area contributed by atoms with E-state index in [9.17, 15) is 30.0 Å². The second-order valence-corrected chi connectivity index (χ2v) is 20.4. The number of carboxylic acid groups (broad SMARTS) is 2. The summed E-state index contributed by atoms with van der Waals surface area (Å²) in [5.74, 6) is 0.770. The monoisotopic (exact) mass is 1100 g/mol. The number of unbranched alkanes of at least 4 members (excludes halogenated alkanes) is 4. The van der Waals surface area contributed by atoms with E-state index < -0.39 is 28.8 Å². The molecular formula is C50H76Cl2N2O8Pt. The van der Waals surface area contributed by atoms with E-state index in [1.54, 1.807) is 24.3 Å². The van der Waals surface area contributed by atoms with Crippen LogP contribution in [0, 0.1) is 11.8 Å². The van der Waals surface area contributed by atoms with Gasteiger partial charge in [-0.05, 0) is 126 Å². The predicted octanol–water partition coefficient (Wildman–Crippen LogP) is 16.7. The van der Waals surface area contributed by atoms with Crippen molar-refractivity contribution in [1.29, 1.82) is 0 Å². The molecule has 4 atom stereocenters. The molecule has 0 heterocycles. The van der Waals surface area contributed by atoms with E-state index in [1.807, 2.05) is 41.5 Å². The van der Waals surface area contributed by atoms with Gasteiger partial charge in [0.25, 0.3) is 0 Å². The molecular weight excluding hydrogens is 1020 g/mol. The predicted molar refractivity (Wildman–Crippen MR) is 259 cm³/mol. The number of allylic oxidation sites excluding steroid dienone is 6. The zero-order valence-electron chi connectivity index (χ0n) is 39.3. The van der Waals surface area contributed by atoms with Crippen LogP contribution in [0.4, 0.5) is 9.59 Å². The van der Waals surface area contributed by atoms with Gasteiger partial charge < -0.3 is 41.4 Å². The van der Waals surface area contributed by atoms with Gasteiger partial charge in [-0.3, -0.25) is 0 Å². The Morgan fingerprint density at radius 1 is 0.698 bits per heavy atom. The summed E-state index contributed by atoms with van der Waals surface area (Å²) in [4.78, 5) is 22.5. The normalized spacial score (nSPS) is 17.8. The van der Waals surface area contributed by atoms with Crippen molar-refractivity contribution in [3.8, 4) is 23.0 Å². The number of phenolic OH excluding ortho intramolecular Hbond substituents is 2. The van der Waals surface area contributed by atoms with Crippen molar-refractivity contribution in [1.82, 2.24) is 0 Å². The molecule has 0 aromatic heterocycles. The van der Waals surface area contributed by atoms with Crippen molar-refractivity contribution < 1.29 is 56.0 Å². The minimum atomic E-state index is -1.36. The molecule has 0 unspecified atom stereocenters. The number of hydrogen-bond acceptors (Lipinski definition) is 6. The van der Waals surface area contributed by atoms with E-state index in [0.29, 0.717) is 11.1 Å². The zero-order chi connectivity index (χ0) is 48.4. The maximum absolute atomic E-state index is 11.2. The van der Waals surface area contributed by atoms with Gasteiger partial charge in [0.1, 0.15) is 23.0 Å². The molecule has 0 fully saturated rings. The van der Waals surface area contributed by atoms with Gasteiger partial charge in [-0.1, -0.05) is 115 Å². The average Bonchev–Trinajstić information content (AvgIpc) is 3.14. The quantitative estimate of drug-likeness (QED) is 0.0624. The molecule has 13 heteroatoms. The van der Waals surface area contributed by atoms with Crippen molar-refractivity contribution >= 4 is 31.1 Å². The average molecular weight is 1100 g/mol. The molecule has 6 N–H and O–H groups in total. The Morgan fingerprint density at radius 3 is 1.25 bits per heavy atom. The van der Waals surface area contributed by atoms with E-state index in [1.165, 1.54) is 11.1 Å². The zero-order valence-corrected chi connectivity index (χ0v) is 43.1. The van der Waals surface area contributed by atoms with E-state index in [0.717, 1.165) is 99.3 Å². The van der Waals surface area contributed by atoms with Crippen LogP contribution in [0.3, 0.4) is 0 Å². The molecule has 2 aromatic rings. The summed E-state index contributed by atoms with van der Waals surface area (Å²) in [6.45, 7) is 27.9. The molecule has 358 valence electrons. The maximum atomic E-state index is 11.2. The second kappa shape index (κ2) is 32.4. The fraction of sp³-hybridized carbons (Fsp3) is 0.560. The van der Waals surface area contributed by atoms with Crippen molar-refractivity contribution in [2.45, 2.75) is 170 Å². The van der Waals surface area contributed by atoms with Crippen LogP contribution in [-0.2, 0) is 29.3 Å². The molecule has 2 aliphatic rings.